The van der Waals surface area contributed by atoms with Gasteiger partial charge in [0.15, 0.2) is 0 Å². The minimum atomic E-state index is 0.762. The lowest BCUT2D eigenvalue weighted by molar-refractivity contribution is 0.188. The van der Waals surface area contributed by atoms with E-state index in [4.69, 9.17) is 4.74 Å². The van der Waals surface area contributed by atoms with Gasteiger partial charge in [-0.3, -0.25) is 0 Å². The summed E-state index contributed by atoms with van der Waals surface area (Å²) in [7, 11) is 1.73. The fourth-order valence-corrected chi connectivity index (χ4v) is 1.70. The molecule has 0 N–H and O–H groups in total. The largest absolute Gasteiger partial charge is 0.383 e. The second-order valence-electron chi connectivity index (χ2n) is 3.56. The Balaban J connectivity index is 2.37. The molecule has 0 saturated carbocycles. The van der Waals surface area contributed by atoms with E-state index in [1.165, 1.54) is 16.5 Å². The lowest BCUT2D eigenvalue weighted by atomic mass is 10.2. The normalized spacial score (nSPS) is 11.0. The third kappa shape index (κ3) is 1.66. The monoisotopic (exact) mass is 189 g/mol. The van der Waals surface area contributed by atoms with Crippen LogP contribution in [0.25, 0.3) is 10.9 Å². The van der Waals surface area contributed by atoms with E-state index in [0.29, 0.717) is 0 Å². The van der Waals surface area contributed by atoms with Crippen LogP contribution >= 0.6 is 0 Å². The molecule has 0 unspecified atom stereocenters. The predicted octanol–water partition coefficient (Wildman–Crippen LogP) is 2.60. The van der Waals surface area contributed by atoms with Crippen LogP contribution in [0.3, 0.4) is 0 Å². The highest BCUT2D eigenvalue weighted by atomic mass is 16.5. The van der Waals surface area contributed by atoms with Gasteiger partial charge in [-0.1, -0.05) is 11.6 Å². The topological polar surface area (TPSA) is 14.2 Å². The first-order chi connectivity index (χ1) is 6.81. The third-order valence-corrected chi connectivity index (χ3v) is 2.46. The smallest absolute Gasteiger partial charge is 0.0641 e. The van der Waals surface area contributed by atoms with E-state index < -0.39 is 0 Å². The molecule has 0 aliphatic heterocycles. The second kappa shape index (κ2) is 3.84. The summed E-state index contributed by atoms with van der Waals surface area (Å²) in [5.41, 5.74) is 2.59. The van der Waals surface area contributed by atoms with Gasteiger partial charge in [-0.05, 0) is 30.5 Å². The van der Waals surface area contributed by atoms with Crippen LogP contribution in [-0.4, -0.2) is 18.3 Å². The standard InChI is InChI=1S/C12H15NO/c1-10-3-4-12-11(9-10)5-6-13(12)7-8-14-2/h3-6,9H,7-8H2,1-2H3. The molecular formula is C12H15NO. The zero-order valence-corrected chi connectivity index (χ0v) is 8.66. The molecule has 0 aliphatic carbocycles. The summed E-state index contributed by atoms with van der Waals surface area (Å²) in [6.07, 6.45) is 2.11. The van der Waals surface area contributed by atoms with Gasteiger partial charge < -0.3 is 9.30 Å². The van der Waals surface area contributed by atoms with Crippen LogP contribution in [0.5, 0.6) is 0 Å². The van der Waals surface area contributed by atoms with Crippen LogP contribution in [0, 0.1) is 6.92 Å². The molecular weight excluding hydrogens is 174 g/mol. The van der Waals surface area contributed by atoms with Crippen LogP contribution in [0.1, 0.15) is 5.56 Å². The van der Waals surface area contributed by atoms with Crippen molar-refractivity contribution in [2.24, 2.45) is 0 Å². The van der Waals surface area contributed by atoms with Gasteiger partial charge in [0.1, 0.15) is 0 Å². The maximum absolute atomic E-state index is 5.07. The molecule has 0 radical (unpaired) electrons. The van der Waals surface area contributed by atoms with Crippen LogP contribution < -0.4 is 0 Å². The van der Waals surface area contributed by atoms with Crippen molar-refractivity contribution in [3.8, 4) is 0 Å². The Kier molecular flexibility index (Phi) is 2.55. The lowest BCUT2D eigenvalue weighted by Crippen LogP contribution is -2.02. The van der Waals surface area contributed by atoms with E-state index in [1.54, 1.807) is 7.11 Å². The number of aryl methyl sites for hydroxylation is 1. The Labute approximate surface area is 84.1 Å². The second-order valence-corrected chi connectivity index (χ2v) is 3.56. The van der Waals surface area contributed by atoms with Crippen molar-refractivity contribution in [1.29, 1.82) is 0 Å². The average Bonchev–Trinajstić information content (AvgIpc) is 2.57. The molecule has 2 nitrogen and oxygen atoms in total. The quantitative estimate of drug-likeness (QED) is 0.724. The minimum Gasteiger partial charge on any atom is -0.383 e. The maximum Gasteiger partial charge on any atom is 0.0641 e. The van der Waals surface area contributed by atoms with Crippen molar-refractivity contribution >= 4 is 10.9 Å². The number of methoxy groups -OCH3 is 1. The molecule has 1 heterocycles. The van der Waals surface area contributed by atoms with Gasteiger partial charge in [0.05, 0.1) is 6.61 Å². The van der Waals surface area contributed by atoms with E-state index in [-0.39, 0.29) is 0 Å². The number of rotatable bonds is 3. The van der Waals surface area contributed by atoms with E-state index >= 15 is 0 Å². The number of nitrogens with zero attached hydrogens (tertiary/aromatic N) is 1. The van der Waals surface area contributed by atoms with Crippen LogP contribution in [0.2, 0.25) is 0 Å². The molecule has 2 heteroatoms. The Morgan fingerprint density at radius 1 is 1.29 bits per heavy atom. The molecule has 0 aliphatic rings. The highest BCUT2D eigenvalue weighted by molar-refractivity contribution is 5.80. The summed E-state index contributed by atoms with van der Waals surface area (Å²) in [6, 6.07) is 8.67. The summed E-state index contributed by atoms with van der Waals surface area (Å²) >= 11 is 0. The van der Waals surface area contributed by atoms with Gasteiger partial charge >= 0.3 is 0 Å². The average molecular weight is 189 g/mol. The number of aromatic nitrogens is 1. The van der Waals surface area contributed by atoms with Crippen molar-refractivity contribution in [3.63, 3.8) is 0 Å². The first kappa shape index (κ1) is 9.28. The molecule has 2 aromatic rings. The molecule has 74 valence electrons. The van der Waals surface area contributed by atoms with E-state index in [9.17, 15) is 0 Å². The highest BCUT2D eigenvalue weighted by Gasteiger charge is 1.99. The maximum atomic E-state index is 5.07. The molecule has 0 bridgehead atoms. The number of hydrogen-bond donors (Lipinski definition) is 0. The van der Waals surface area contributed by atoms with Crippen molar-refractivity contribution in [1.82, 2.24) is 4.57 Å². The third-order valence-electron chi connectivity index (χ3n) is 2.46. The van der Waals surface area contributed by atoms with E-state index in [1.807, 2.05) is 0 Å². The fraction of sp³-hybridized carbons (Fsp3) is 0.333. The Hall–Kier alpha value is -1.28. The number of ether oxygens (including phenoxy) is 1. The molecule has 1 aromatic carbocycles. The molecule has 14 heavy (non-hydrogen) atoms. The van der Waals surface area contributed by atoms with Gasteiger partial charge in [-0.2, -0.15) is 0 Å². The van der Waals surface area contributed by atoms with Crippen molar-refractivity contribution in [2.45, 2.75) is 13.5 Å². The van der Waals surface area contributed by atoms with Crippen molar-refractivity contribution < 1.29 is 4.74 Å². The Morgan fingerprint density at radius 3 is 2.93 bits per heavy atom. The summed E-state index contributed by atoms with van der Waals surface area (Å²) in [5, 5.41) is 1.31. The SMILES string of the molecule is COCCn1ccc2cc(C)ccc21. The van der Waals surface area contributed by atoms with Gasteiger partial charge in [0.25, 0.3) is 0 Å². The lowest BCUT2D eigenvalue weighted by Gasteiger charge is -2.04. The number of hydrogen-bond acceptors (Lipinski definition) is 1. The molecule has 2 rings (SSSR count). The molecule has 0 fully saturated rings. The number of fused-ring (bicyclic) bond motifs is 1. The molecule has 0 atom stereocenters. The Morgan fingerprint density at radius 2 is 2.14 bits per heavy atom. The van der Waals surface area contributed by atoms with Crippen LogP contribution in [0.15, 0.2) is 30.5 Å². The van der Waals surface area contributed by atoms with Gasteiger partial charge in [-0.15, -0.1) is 0 Å². The van der Waals surface area contributed by atoms with Gasteiger partial charge in [0.2, 0.25) is 0 Å². The van der Waals surface area contributed by atoms with Gasteiger partial charge in [0, 0.05) is 25.4 Å². The Bertz CT molecular complexity index is 431. The first-order valence-electron chi connectivity index (χ1n) is 4.85. The predicted molar refractivity (Wildman–Crippen MR) is 58.6 cm³/mol. The van der Waals surface area contributed by atoms with Crippen LogP contribution in [0.4, 0.5) is 0 Å². The van der Waals surface area contributed by atoms with E-state index in [0.717, 1.165) is 13.2 Å². The summed E-state index contributed by atoms with van der Waals surface area (Å²) in [6.45, 7) is 3.80. The molecule has 0 amide bonds. The zero-order chi connectivity index (χ0) is 9.97. The summed E-state index contributed by atoms with van der Waals surface area (Å²) in [4.78, 5) is 0. The fourth-order valence-electron chi connectivity index (χ4n) is 1.70. The van der Waals surface area contributed by atoms with E-state index in [2.05, 4.69) is 42.0 Å². The van der Waals surface area contributed by atoms with Crippen molar-refractivity contribution in [2.75, 3.05) is 13.7 Å². The molecule has 0 spiro atoms. The van der Waals surface area contributed by atoms with Crippen molar-refractivity contribution in [3.05, 3.63) is 36.0 Å². The first-order valence-corrected chi connectivity index (χ1v) is 4.85. The zero-order valence-electron chi connectivity index (χ0n) is 8.66. The number of benzene rings is 1. The van der Waals surface area contributed by atoms with Gasteiger partial charge in [-0.25, -0.2) is 0 Å². The molecule has 0 saturated heterocycles. The molecule has 1 aromatic heterocycles. The van der Waals surface area contributed by atoms with Crippen LogP contribution in [-0.2, 0) is 11.3 Å². The highest BCUT2D eigenvalue weighted by Crippen LogP contribution is 2.16. The summed E-state index contributed by atoms with van der Waals surface area (Å²) < 4.78 is 7.29. The summed E-state index contributed by atoms with van der Waals surface area (Å²) in [5.74, 6) is 0. The minimum absolute atomic E-state index is 0.762.